The van der Waals surface area contributed by atoms with Crippen molar-refractivity contribution in [1.82, 2.24) is 0 Å². The largest absolute Gasteiger partial charge is 0.472 e. The van der Waals surface area contributed by atoms with Crippen LogP contribution in [0.3, 0.4) is 0 Å². The average Bonchev–Trinajstić information content (AvgIpc) is 3.35. The number of furan rings is 1. The maximum atomic E-state index is 13.3. The van der Waals surface area contributed by atoms with Crippen molar-refractivity contribution in [3.8, 4) is 0 Å². The number of rotatable bonds is 2. The lowest BCUT2D eigenvalue weighted by Crippen LogP contribution is -2.73. The van der Waals surface area contributed by atoms with E-state index in [4.69, 9.17) is 18.6 Å². The number of aliphatic hydroxyl groups is 1. The van der Waals surface area contributed by atoms with Crippen molar-refractivity contribution in [2.45, 2.75) is 104 Å². The van der Waals surface area contributed by atoms with Crippen molar-refractivity contribution in [3.63, 3.8) is 0 Å². The van der Waals surface area contributed by atoms with Crippen molar-refractivity contribution in [2.24, 2.45) is 33.5 Å². The van der Waals surface area contributed by atoms with Crippen LogP contribution in [0.15, 0.2) is 23.0 Å². The second-order valence-corrected chi connectivity index (χ2v) is 13.2. The standard InChI is InChI=1S/C28H38O7/c1-15(29)33-20-13-18-24(2,3)19(30)8-10-25(18,4)17-7-11-26(5)21(16-9-12-32-14-16)34-23(31)22-28(26,35-22)27(17,20)6/h9,12,14,17-22,30H,7-8,10-11,13H2,1-6H3/t17-,18-,19-,20-,21-,22+,25+,26-,27-,28+/m0/s1. The fraction of sp³-hybridized carbons (Fsp3) is 0.786. The molecule has 35 heavy (non-hydrogen) atoms. The zero-order valence-corrected chi connectivity index (χ0v) is 21.6. The highest BCUT2D eigenvalue weighted by Crippen LogP contribution is 2.80. The summed E-state index contributed by atoms with van der Waals surface area (Å²) in [6.07, 6.45) is 5.33. The van der Waals surface area contributed by atoms with E-state index in [1.165, 1.54) is 6.92 Å². The molecule has 0 aromatic carbocycles. The van der Waals surface area contributed by atoms with Gasteiger partial charge in [-0.1, -0.05) is 34.6 Å². The van der Waals surface area contributed by atoms with Crippen LogP contribution in [0.1, 0.15) is 85.3 Å². The summed E-state index contributed by atoms with van der Waals surface area (Å²) in [5, 5.41) is 11.0. The number of cyclic esters (lactones) is 1. The van der Waals surface area contributed by atoms with Gasteiger partial charge in [0.25, 0.3) is 0 Å². The maximum absolute atomic E-state index is 13.3. The lowest BCUT2D eigenvalue weighted by atomic mass is 9.34. The summed E-state index contributed by atoms with van der Waals surface area (Å²) in [7, 11) is 0. The van der Waals surface area contributed by atoms with Gasteiger partial charge >= 0.3 is 11.9 Å². The summed E-state index contributed by atoms with van der Waals surface area (Å²) >= 11 is 0. The smallest absolute Gasteiger partial charge is 0.339 e. The topological polar surface area (TPSA) is 98.5 Å². The van der Waals surface area contributed by atoms with Crippen molar-refractivity contribution >= 4 is 11.9 Å². The first kappa shape index (κ1) is 23.5. The van der Waals surface area contributed by atoms with Crippen LogP contribution in [0.2, 0.25) is 0 Å². The van der Waals surface area contributed by atoms with Crippen LogP contribution in [0.4, 0.5) is 0 Å². The molecule has 0 bridgehead atoms. The van der Waals surface area contributed by atoms with E-state index in [0.29, 0.717) is 6.42 Å². The van der Waals surface area contributed by atoms with Gasteiger partial charge in [-0.05, 0) is 60.8 Å². The van der Waals surface area contributed by atoms with E-state index in [-0.39, 0.29) is 34.6 Å². The molecule has 7 nitrogen and oxygen atoms in total. The maximum Gasteiger partial charge on any atom is 0.339 e. The third-order valence-corrected chi connectivity index (χ3v) is 11.5. The molecule has 7 heteroatoms. The molecular weight excluding hydrogens is 448 g/mol. The molecule has 0 unspecified atom stereocenters. The van der Waals surface area contributed by atoms with Gasteiger partial charge in [-0.2, -0.15) is 0 Å². The first-order valence-corrected chi connectivity index (χ1v) is 13.1. The van der Waals surface area contributed by atoms with Gasteiger partial charge in [0.05, 0.1) is 18.6 Å². The number of aliphatic hydroxyl groups excluding tert-OH is 1. The minimum Gasteiger partial charge on any atom is -0.472 e. The Bertz CT molecular complexity index is 1060. The van der Waals surface area contributed by atoms with Crippen molar-refractivity contribution in [2.75, 3.05) is 0 Å². The minimum atomic E-state index is -0.797. The van der Waals surface area contributed by atoms with Crippen LogP contribution in [0.5, 0.6) is 0 Å². The van der Waals surface area contributed by atoms with Gasteiger partial charge in [-0.3, -0.25) is 4.79 Å². The van der Waals surface area contributed by atoms with Gasteiger partial charge in [-0.25, -0.2) is 4.79 Å². The normalized spacial score (nSPS) is 51.7. The molecule has 5 aliphatic rings. The Kier molecular flexibility index (Phi) is 4.65. The Hall–Kier alpha value is -1.86. The molecule has 1 N–H and O–H groups in total. The van der Waals surface area contributed by atoms with Crippen LogP contribution < -0.4 is 0 Å². The van der Waals surface area contributed by atoms with Gasteiger partial charge in [-0.15, -0.1) is 0 Å². The van der Waals surface area contributed by atoms with Crippen molar-refractivity contribution < 1.29 is 33.3 Å². The molecule has 1 aromatic heterocycles. The second kappa shape index (κ2) is 6.91. The number of epoxide rings is 1. The third-order valence-electron chi connectivity index (χ3n) is 11.5. The quantitative estimate of drug-likeness (QED) is 0.483. The Morgan fingerprint density at radius 3 is 2.49 bits per heavy atom. The summed E-state index contributed by atoms with van der Waals surface area (Å²) < 4.78 is 24.1. The molecule has 5 fully saturated rings. The highest BCUT2D eigenvalue weighted by atomic mass is 16.7. The molecule has 1 spiro atoms. The minimum absolute atomic E-state index is 0.0762. The summed E-state index contributed by atoms with van der Waals surface area (Å²) in [4.78, 5) is 25.7. The molecule has 2 aliphatic heterocycles. The predicted octanol–water partition coefficient (Wildman–Crippen LogP) is 4.58. The van der Waals surface area contributed by atoms with E-state index in [0.717, 1.165) is 31.2 Å². The lowest BCUT2D eigenvalue weighted by molar-refractivity contribution is -0.275. The zero-order chi connectivity index (χ0) is 25.2. The first-order chi connectivity index (χ1) is 16.3. The number of fused-ring (bicyclic) bond motifs is 3. The monoisotopic (exact) mass is 486 g/mol. The molecule has 6 rings (SSSR count). The number of carbonyl (C=O) groups excluding carboxylic acids is 2. The fourth-order valence-electron chi connectivity index (χ4n) is 9.88. The number of ether oxygens (including phenoxy) is 3. The van der Waals surface area contributed by atoms with Crippen molar-refractivity contribution in [3.05, 3.63) is 24.2 Å². The Morgan fingerprint density at radius 1 is 1.09 bits per heavy atom. The van der Waals surface area contributed by atoms with E-state index in [1.807, 2.05) is 6.07 Å². The third kappa shape index (κ3) is 2.59. The van der Waals surface area contributed by atoms with E-state index < -0.39 is 40.8 Å². The average molecular weight is 487 g/mol. The number of carbonyl (C=O) groups is 2. The molecule has 10 atom stereocenters. The summed E-state index contributed by atoms with van der Waals surface area (Å²) in [5.74, 6) is -0.319. The SMILES string of the molecule is CC(=O)O[C@H]1C[C@H]2C(C)(C)[C@@H](O)CC[C@]2(C)[C@@H]2CC[C@@]3(C)[C@H](c4ccoc4)OC(=O)[C@H]4O[C@]43[C@]12C. The van der Waals surface area contributed by atoms with Crippen LogP contribution >= 0.6 is 0 Å². The molecule has 192 valence electrons. The molecule has 0 amide bonds. The van der Waals surface area contributed by atoms with Crippen LogP contribution in [0.25, 0.3) is 0 Å². The van der Waals surface area contributed by atoms with E-state index in [1.54, 1.807) is 12.5 Å². The highest BCUT2D eigenvalue weighted by molar-refractivity contribution is 5.82. The Morgan fingerprint density at radius 2 is 1.83 bits per heavy atom. The molecule has 1 aromatic rings. The number of hydrogen-bond donors (Lipinski definition) is 1. The summed E-state index contributed by atoms with van der Waals surface area (Å²) in [5.41, 5.74) is -1.42. The fourth-order valence-corrected chi connectivity index (χ4v) is 9.88. The first-order valence-electron chi connectivity index (χ1n) is 13.1. The van der Waals surface area contributed by atoms with E-state index in [9.17, 15) is 14.7 Å². The van der Waals surface area contributed by atoms with Gasteiger partial charge < -0.3 is 23.7 Å². The Labute approximate surface area is 206 Å². The molecular formula is C28H38O7. The molecule has 3 saturated carbocycles. The van der Waals surface area contributed by atoms with Gasteiger partial charge in [0.15, 0.2) is 6.10 Å². The lowest BCUT2D eigenvalue weighted by Gasteiger charge is -2.70. The zero-order valence-electron chi connectivity index (χ0n) is 21.6. The molecule has 3 aliphatic carbocycles. The summed E-state index contributed by atoms with van der Waals surface area (Å²) in [6.45, 7) is 12.5. The van der Waals surface area contributed by atoms with Gasteiger partial charge in [0.1, 0.15) is 17.8 Å². The predicted molar refractivity (Wildman–Crippen MR) is 125 cm³/mol. The highest BCUT2D eigenvalue weighted by Gasteiger charge is 2.88. The van der Waals surface area contributed by atoms with Crippen molar-refractivity contribution in [1.29, 1.82) is 0 Å². The van der Waals surface area contributed by atoms with E-state index >= 15 is 0 Å². The van der Waals surface area contributed by atoms with E-state index in [2.05, 4.69) is 34.6 Å². The van der Waals surface area contributed by atoms with Gasteiger partial charge in [0.2, 0.25) is 0 Å². The molecule has 0 radical (unpaired) electrons. The van der Waals surface area contributed by atoms with Gasteiger partial charge in [0, 0.05) is 23.3 Å². The van der Waals surface area contributed by atoms with Crippen LogP contribution in [-0.2, 0) is 23.8 Å². The Balaban J connectivity index is 1.53. The number of hydrogen-bond acceptors (Lipinski definition) is 7. The van der Waals surface area contributed by atoms with Crippen LogP contribution in [-0.4, -0.2) is 41.0 Å². The molecule has 2 saturated heterocycles. The van der Waals surface area contributed by atoms with Crippen LogP contribution in [0, 0.1) is 33.5 Å². The summed E-state index contributed by atoms with van der Waals surface area (Å²) in [6, 6.07) is 1.86. The molecule has 3 heterocycles. The second-order valence-electron chi connectivity index (χ2n) is 13.2. The number of esters is 2.